The molecule has 130 valence electrons. The fourth-order valence-electron chi connectivity index (χ4n) is 2.86. The van der Waals surface area contributed by atoms with Gasteiger partial charge in [0.05, 0.1) is 6.61 Å². The van der Waals surface area contributed by atoms with Crippen LogP contribution >= 0.6 is 27.7 Å². The van der Waals surface area contributed by atoms with Gasteiger partial charge in [-0.25, -0.2) is 9.59 Å². The number of halogens is 1. The normalized spacial score (nSPS) is 32.9. The standard InChI is InChI=1S/C14H20BrNO6S/c1-4-5-6-22-10(20)8(17)14(15)11(21)16-7(9(18)19)13(2,3)23-12(14)16/h7-8,12,17H,4-6H2,1-3H3,(H,18,19)/t7-,8?,12+,14-/m0/s1. The van der Waals surface area contributed by atoms with Crippen molar-refractivity contribution in [1.82, 2.24) is 4.90 Å². The average Bonchev–Trinajstić information content (AvgIpc) is 2.75. The summed E-state index contributed by atoms with van der Waals surface area (Å²) in [6.07, 6.45) is -0.174. The lowest BCUT2D eigenvalue weighted by Crippen LogP contribution is -2.75. The van der Waals surface area contributed by atoms with Crippen LogP contribution < -0.4 is 0 Å². The van der Waals surface area contributed by atoms with Crippen LogP contribution in [0.2, 0.25) is 0 Å². The van der Waals surface area contributed by atoms with Crippen LogP contribution in [-0.4, -0.2) is 66.2 Å². The minimum absolute atomic E-state index is 0.175. The second-order valence-corrected chi connectivity index (χ2v) is 9.27. The van der Waals surface area contributed by atoms with Crippen molar-refractivity contribution in [1.29, 1.82) is 0 Å². The average molecular weight is 410 g/mol. The van der Waals surface area contributed by atoms with Crippen LogP contribution in [0.1, 0.15) is 33.6 Å². The van der Waals surface area contributed by atoms with Crippen molar-refractivity contribution in [2.75, 3.05) is 6.61 Å². The van der Waals surface area contributed by atoms with E-state index in [2.05, 4.69) is 15.9 Å². The number of rotatable bonds is 6. The monoisotopic (exact) mass is 409 g/mol. The number of hydrogen-bond donors (Lipinski definition) is 2. The van der Waals surface area contributed by atoms with E-state index >= 15 is 0 Å². The molecule has 0 bridgehead atoms. The van der Waals surface area contributed by atoms with Crippen LogP contribution in [0.5, 0.6) is 0 Å². The highest BCUT2D eigenvalue weighted by atomic mass is 79.9. The summed E-state index contributed by atoms with van der Waals surface area (Å²) in [6.45, 7) is 5.56. The lowest BCUT2D eigenvalue weighted by Gasteiger charge is -2.50. The molecule has 2 fully saturated rings. The third-order valence-corrected chi connectivity index (χ3v) is 7.29. The summed E-state index contributed by atoms with van der Waals surface area (Å²) in [5, 5.41) is 19.0. The number of aliphatic carboxylic acids is 1. The van der Waals surface area contributed by atoms with Gasteiger partial charge in [-0.3, -0.25) is 4.79 Å². The Balaban J connectivity index is 2.17. The number of nitrogens with zero attached hydrogens (tertiary/aromatic N) is 1. The minimum atomic E-state index is -1.68. The summed E-state index contributed by atoms with van der Waals surface area (Å²) in [6, 6.07) is -1.00. The Morgan fingerprint density at radius 3 is 2.61 bits per heavy atom. The number of aliphatic hydroxyl groups excluding tert-OH is 1. The maximum atomic E-state index is 12.5. The number of aliphatic hydroxyl groups is 1. The van der Waals surface area contributed by atoms with Gasteiger partial charge in [-0.15, -0.1) is 11.8 Å². The molecule has 2 rings (SSSR count). The van der Waals surface area contributed by atoms with E-state index in [9.17, 15) is 24.6 Å². The van der Waals surface area contributed by atoms with Gasteiger partial charge in [0.15, 0.2) is 10.4 Å². The molecular formula is C14H20BrNO6S. The molecule has 2 N–H and O–H groups in total. The van der Waals surface area contributed by atoms with Crippen molar-refractivity contribution in [3.8, 4) is 0 Å². The van der Waals surface area contributed by atoms with Gasteiger partial charge in [0.25, 0.3) is 0 Å². The fourth-order valence-corrected chi connectivity index (χ4v) is 5.41. The summed E-state index contributed by atoms with van der Waals surface area (Å²) in [5.74, 6) is -2.58. The predicted molar refractivity (Wildman–Crippen MR) is 87.3 cm³/mol. The van der Waals surface area contributed by atoms with Crippen molar-refractivity contribution < 1.29 is 29.3 Å². The number of carbonyl (C=O) groups excluding carboxylic acids is 2. The zero-order valence-corrected chi connectivity index (χ0v) is 15.5. The van der Waals surface area contributed by atoms with Crippen molar-refractivity contribution in [3.63, 3.8) is 0 Å². The number of hydrogen-bond acceptors (Lipinski definition) is 6. The Bertz CT molecular complexity index is 541. The van der Waals surface area contributed by atoms with Crippen LogP contribution in [-0.2, 0) is 19.1 Å². The Hall–Kier alpha value is -0.800. The van der Waals surface area contributed by atoms with Gasteiger partial charge < -0.3 is 19.8 Å². The van der Waals surface area contributed by atoms with E-state index in [1.807, 2.05) is 6.92 Å². The molecular weight excluding hydrogens is 390 g/mol. The number of β-lactam (4-membered cyclic amide) rings is 1. The lowest BCUT2D eigenvalue weighted by atomic mass is 9.87. The second kappa shape index (κ2) is 6.25. The molecule has 2 aliphatic heterocycles. The quantitative estimate of drug-likeness (QED) is 0.291. The van der Waals surface area contributed by atoms with E-state index < -0.39 is 44.4 Å². The van der Waals surface area contributed by atoms with Crippen LogP contribution in [0.15, 0.2) is 0 Å². The summed E-state index contributed by atoms with van der Waals surface area (Å²) in [4.78, 5) is 37.1. The first-order valence-corrected chi connectivity index (χ1v) is 9.03. The maximum Gasteiger partial charge on any atom is 0.337 e. The zero-order valence-electron chi connectivity index (χ0n) is 13.1. The van der Waals surface area contributed by atoms with Gasteiger partial charge in [0, 0.05) is 4.75 Å². The number of carboxylic acids is 1. The van der Waals surface area contributed by atoms with Gasteiger partial charge in [0.1, 0.15) is 11.4 Å². The lowest BCUT2D eigenvalue weighted by molar-refractivity contribution is -0.172. The van der Waals surface area contributed by atoms with Gasteiger partial charge in [-0.05, 0) is 20.3 Å². The highest BCUT2D eigenvalue weighted by molar-refractivity contribution is 9.10. The SMILES string of the molecule is CCCCOC(=O)C(O)[C@]1(Br)C(=O)N2[C@@H](C(=O)O)C(C)(C)S[C@@H]21. The highest BCUT2D eigenvalue weighted by Crippen LogP contribution is 2.59. The number of ether oxygens (including phenoxy) is 1. The number of fused-ring (bicyclic) bond motifs is 1. The van der Waals surface area contributed by atoms with E-state index in [1.54, 1.807) is 13.8 Å². The maximum absolute atomic E-state index is 12.5. The number of carboxylic acid groups (broad SMARTS) is 1. The summed E-state index contributed by atoms with van der Waals surface area (Å²) >= 11 is 4.44. The predicted octanol–water partition coefficient (Wildman–Crippen LogP) is 0.971. The molecule has 2 heterocycles. The molecule has 0 spiro atoms. The molecule has 0 saturated carbocycles. The molecule has 0 aromatic rings. The molecule has 2 saturated heterocycles. The fraction of sp³-hybridized carbons (Fsp3) is 0.786. The number of unbranched alkanes of at least 4 members (excludes halogenated alkanes) is 1. The third kappa shape index (κ3) is 2.76. The third-order valence-electron chi connectivity index (χ3n) is 4.12. The smallest absolute Gasteiger partial charge is 0.337 e. The van der Waals surface area contributed by atoms with Crippen LogP contribution in [0.3, 0.4) is 0 Å². The number of esters is 1. The Kier molecular flexibility index (Phi) is 5.04. The van der Waals surface area contributed by atoms with Crippen molar-refractivity contribution >= 4 is 45.5 Å². The molecule has 4 atom stereocenters. The van der Waals surface area contributed by atoms with E-state index in [4.69, 9.17) is 4.74 Å². The molecule has 1 amide bonds. The number of thioether (sulfide) groups is 1. The summed E-state index contributed by atoms with van der Waals surface area (Å²) in [7, 11) is 0. The molecule has 1 unspecified atom stereocenters. The van der Waals surface area contributed by atoms with Gasteiger partial charge in [-0.2, -0.15) is 0 Å². The van der Waals surface area contributed by atoms with Gasteiger partial charge in [-0.1, -0.05) is 29.3 Å². The van der Waals surface area contributed by atoms with Gasteiger partial charge in [0.2, 0.25) is 5.91 Å². The molecule has 7 nitrogen and oxygen atoms in total. The van der Waals surface area contributed by atoms with Crippen molar-refractivity contribution in [2.24, 2.45) is 0 Å². The Morgan fingerprint density at radius 2 is 2.09 bits per heavy atom. The van der Waals surface area contributed by atoms with E-state index in [1.165, 1.54) is 16.7 Å². The molecule has 9 heteroatoms. The van der Waals surface area contributed by atoms with Crippen LogP contribution in [0, 0.1) is 0 Å². The number of alkyl halides is 1. The van der Waals surface area contributed by atoms with Crippen molar-refractivity contribution in [3.05, 3.63) is 0 Å². The first kappa shape index (κ1) is 18.5. The topological polar surface area (TPSA) is 104 Å². The van der Waals surface area contributed by atoms with Crippen LogP contribution in [0.4, 0.5) is 0 Å². The molecule has 0 aromatic carbocycles. The molecule has 0 radical (unpaired) electrons. The second-order valence-electron chi connectivity index (χ2n) is 6.22. The molecule has 0 aromatic heterocycles. The minimum Gasteiger partial charge on any atom is -0.480 e. The Morgan fingerprint density at radius 1 is 1.48 bits per heavy atom. The molecule has 2 aliphatic rings. The first-order chi connectivity index (χ1) is 10.6. The summed E-state index contributed by atoms with van der Waals surface area (Å²) < 4.78 is 2.71. The Labute approximate surface area is 146 Å². The zero-order chi connectivity index (χ0) is 17.6. The van der Waals surface area contributed by atoms with E-state index in [0.29, 0.717) is 6.42 Å². The van der Waals surface area contributed by atoms with Gasteiger partial charge >= 0.3 is 11.9 Å². The highest BCUT2D eigenvalue weighted by Gasteiger charge is 2.74. The van der Waals surface area contributed by atoms with E-state index in [0.717, 1.165) is 6.42 Å². The molecule has 23 heavy (non-hydrogen) atoms. The summed E-state index contributed by atoms with van der Waals surface area (Å²) in [5.41, 5.74) is 0. The number of amides is 1. The van der Waals surface area contributed by atoms with E-state index in [-0.39, 0.29) is 6.61 Å². The number of carbonyl (C=O) groups is 3. The first-order valence-electron chi connectivity index (χ1n) is 7.36. The van der Waals surface area contributed by atoms with Crippen LogP contribution in [0.25, 0.3) is 0 Å². The molecule has 0 aliphatic carbocycles. The van der Waals surface area contributed by atoms with Crippen molar-refractivity contribution in [2.45, 2.75) is 60.2 Å². The largest absolute Gasteiger partial charge is 0.480 e.